The second kappa shape index (κ2) is 8.18. The molecule has 4 aromatic rings. The summed E-state index contributed by atoms with van der Waals surface area (Å²) in [6, 6.07) is 22.2. The summed E-state index contributed by atoms with van der Waals surface area (Å²) in [5, 5.41) is 8.53. The minimum Gasteiger partial charge on any atom is -0.368 e. The van der Waals surface area contributed by atoms with E-state index in [1.165, 1.54) is 12.1 Å². The molecule has 0 radical (unpaired) electrons. The predicted molar refractivity (Wildman–Crippen MR) is 118 cm³/mol. The highest BCUT2D eigenvalue weighted by atomic mass is 19.1. The first-order valence-corrected chi connectivity index (χ1v) is 10.3. The average molecular weight is 415 g/mol. The van der Waals surface area contributed by atoms with Crippen molar-refractivity contribution in [3.63, 3.8) is 0 Å². The summed E-state index contributed by atoms with van der Waals surface area (Å²) < 4.78 is 15.0. The van der Waals surface area contributed by atoms with E-state index in [4.69, 9.17) is 0 Å². The second-order valence-electron chi connectivity index (χ2n) is 7.69. The largest absolute Gasteiger partial charge is 0.368 e. The summed E-state index contributed by atoms with van der Waals surface area (Å²) in [5.41, 5.74) is 4.36. The van der Waals surface area contributed by atoms with E-state index in [1.54, 1.807) is 12.1 Å². The zero-order valence-electron chi connectivity index (χ0n) is 17.0. The van der Waals surface area contributed by atoms with E-state index in [0.717, 1.165) is 16.8 Å². The number of anilines is 1. The van der Waals surface area contributed by atoms with E-state index in [-0.39, 0.29) is 11.7 Å². The Morgan fingerprint density at radius 3 is 2.39 bits per heavy atom. The van der Waals surface area contributed by atoms with Crippen molar-refractivity contribution in [2.45, 2.75) is 6.54 Å². The Morgan fingerprint density at radius 2 is 1.65 bits per heavy atom. The fourth-order valence-corrected chi connectivity index (χ4v) is 3.98. The van der Waals surface area contributed by atoms with Gasteiger partial charge in [-0.25, -0.2) is 9.07 Å². The van der Waals surface area contributed by atoms with E-state index >= 15 is 0 Å². The molecular weight excluding hydrogens is 393 g/mol. The van der Waals surface area contributed by atoms with Gasteiger partial charge in [0, 0.05) is 37.4 Å². The summed E-state index contributed by atoms with van der Waals surface area (Å²) in [5.74, 6) is -0.244. The topological polar surface area (TPSA) is 54.3 Å². The van der Waals surface area contributed by atoms with Crippen LogP contribution in [0.4, 0.5) is 10.1 Å². The fraction of sp³-hybridized carbons (Fsp3) is 0.208. The van der Waals surface area contributed by atoms with Crippen LogP contribution in [0.2, 0.25) is 0 Å². The number of amides is 1. The minimum atomic E-state index is -0.242. The standard InChI is InChI=1S/C24H22FN5O/c25-20-7-9-21(10-8-20)28-12-14-29(15-13-28)24(31)19-6-11-23-22(16-19)26-27-30(23)17-18-4-2-1-3-5-18/h1-11,16H,12-15,17H2. The first-order valence-electron chi connectivity index (χ1n) is 10.3. The number of fused-ring (bicyclic) bond motifs is 1. The van der Waals surface area contributed by atoms with E-state index in [2.05, 4.69) is 27.3 Å². The van der Waals surface area contributed by atoms with Gasteiger partial charge in [-0.3, -0.25) is 4.79 Å². The maximum atomic E-state index is 13.1. The van der Waals surface area contributed by atoms with Crippen molar-refractivity contribution < 1.29 is 9.18 Å². The molecule has 1 fully saturated rings. The molecule has 0 aliphatic carbocycles. The minimum absolute atomic E-state index is 0.00161. The third kappa shape index (κ3) is 3.99. The molecule has 0 spiro atoms. The molecule has 0 bridgehead atoms. The van der Waals surface area contributed by atoms with Crippen molar-refractivity contribution in [3.05, 3.63) is 89.7 Å². The zero-order chi connectivity index (χ0) is 21.2. The number of hydrogen-bond acceptors (Lipinski definition) is 4. The number of piperazine rings is 1. The summed E-state index contributed by atoms with van der Waals surface area (Å²) in [4.78, 5) is 17.1. The van der Waals surface area contributed by atoms with Crippen molar-refractivity contribution >= 4 is 22.6 Å². The van der Waals surface area contributed by atoms with Crippen molar-refractivity contribution in [1.29, 1.82) is 0 Å². The maximum absolute atomic E-state index is 13.1. The number of carbonyl (C=O) groups is 1. The second-order valence-corrected chi connectivity index (χ2v) is 7.69. The van der Waals surface area contributed by atoms with Gasteiger partial charge >= 0.3 is 0 Å². The maximum Gasteiger partial charge on any atom is 0.254 e. The van der Waals surface area contributed by atoms with Crippen LogP contribution in [-0.4, -0.2) is 52.0 Å². The molecule has 6 nitrogen and oxygen atoms in total. The summed E-state index contributed by atoms with van der Waals surface area (Å²) in [6.45, 7) is 3.31. The summed E-state index contributed by atoms with van der Waals surface area (Å²) in [6.07, 6.45) is 0. The van der Waals surface area contributed by atoms with Gasteiger partial charge in [0.15, 0.2) is 0 Å². The van der Waals surface area contributed by atoms with Crippen LogP contribution in [0.25, 0.3) is 11.0 Å². The van der Waals surface area contributed by atoms with Crippen LogP contribution in [0, 0.1) is 5.82 Å². The monoisotopic (exact) mass is 415 g/mol. The molecule has 1 aromatic heterocycles. The van der Waals surface area contributed by atoms with Gasteiger partial charge in [0.25, 0.3) is 5.91 Å². The fourth-order valence-electron chi connectivity index (χ4n) is 3.98. The van der Waals surface area contributed by atoms with Gasteiger partial charge in [0.1, 0.15) is 11.3 Å². The lowest BCUT2D eigenvalue weighted by molar-refractivity contribution is 0.0747. The Hall–Kier alpha value is -3.74. The SMILES string of the molecule is O=C(c1ccc2c(c1)nnn2Cc1ccccc1)N1CCN(c2ccc(F)cc2)CC1. The highest BCUT2D eigenvalue weighted by molar-refractivity contribution is 5.97. The van der Waals surface area contributed by atoms with Gasteiger partial charge in [-0.2, -0.15) is 0 Å². The van der Waals surface area contributed by atoms with E-state index < -0.39 is 0 Å². The van der Waals surface area contributed by atoms with E-state index in [1.807, 2.05) is 46.0 Å². The molecule has 2 heterocycles. The lowest BCUT2D eigenvalue weighted by atomic mass is 10.1. The Kier molecular flexibility index (Phi) is 5.08. The zero-order valence-corrected chi connectivity index (χ0v) is 17.0. The first-order chi connectivity index (χ1) is 15.2. The smallest absolute Gasteiger partial charge is 0.254 e. The molecule has 1 aliphatic rings. The number of halogens is 1. The number of rotatable bonds is 4. The molecule has 0 unspecified atom stereocenters. The van der Waals surface area contributed by atoms with Crippen LogP contribution >= 0.6 is 0 Å². The van der Waals surface area contributed by atoms with Crippen molar-refractivity contribution in [2.75, 3.05) is 31.1 Å². The number of benzene rings is 3. The molecular formula is C24H22FN5O. The molecule has 3 aromatic carbocycles. The summed E-state index contributed by atoms with van der Waals surface area (Å²) in [7, 11) is 0. The third-order valence-corrected chi connectivity index (χ3v) is 5.69. The molecule has 156 valence electrons. The molecule has 0 N–H and O–H groups in total. The van der Waals surface area contributed by atoms with Crippen LogP contribution < -0.4 is 4.90 Å². The van der Waals surface area contributed by atoms with Crippen LogP contribution in [0.3, 0.4) is 0 Å². The van der Waals surface area contributed by atoms with Crippen LogP contribution in [0.1, 0.15) is 15.9 Å². The quantitative estimate of drug-likeness (QED) is 0.511. The molecule has 0 saturated carbocycles. The Labute approximate surface area is 179 Å². The molecule has 1 saturated heterocycles. The average Bonchev–Trinajstić information content (AvgIpc) is 3.22. The van der Waals surface area contributed by atoms with Gasteiger partial charge in [0.05, 0.1) is 12.1 Å². The molecule has 31 heavy (non-hydrogen) atoms. The summed E-state index contributed by atoms with van der Waals surface area (Å²) >= 11 is 0. The Bertz CT molecular complexity index is 1200. The van der Waals surface area contributed by atoms with E-state index in [0.29, 0.717) is 43.8 Å². The number of hydrogen-bond donors (Lipinski definition) is 0. The van der Waals surface area contributed by atoms with Crippen LogP contribution in [0.5, 0.6) is 0 Å². The van der Waals surface area contributed by atoms with Gasteiger partial charge in [-0.1, -0.05) is 35.5 Å². The van der Waals surface area contributed by atoms with Crippen LogP contribution in [-0.2, 0) is 6.54 Å². The lowest BCUT2D eigenvalue weighted by Crippen LogP contribution is -2.48. The molecule has 1 amide bonds. The normalized spacial score (nSPS) is 14.2. The van der Waals surface area contributed by atoms with Crippen molar-refractivity contribution in [1.82, 2.24) is 19.9 Å². The number of aromatic nitrogens is 3. The number of nitrogens with zero attached hydrogens (tertiary/aromatic N) is 5. The molecule has 5 rings (SSSR count). The van der Waals surface area contributed by atoms with Crippen LogP contribution in [0.15, 0.2) is 72.8 Å². The van der Waals surface area contributed by atoms with Crippen molar-refractivity contribution in [3.8, 4) is 0 Å². The van der Waals surface area contributed by atoms with Crippen molar-refractivity contribution in [2.24, 2.45) is 0 Å². The molecule has 0 atom stereocenters. The van der Waals surface area contributed by atoms with Gasteiger partial charge < -0.3 is 9.80 Å². The van der Waals surface area contributed by atoms with Gasteiger partial charge in [-0.15, -0.1) is 5.10 Å². The highest BCUT2D eigenvalue weighted by Crippen LogP contribution is 2.20. The third-order valence-electron chi connectivity index (χ3n) is 5.69. The predicted octanol–water partition coefficient (Wildman–Crippen LogP) is 3.58. The van der Waals surface area contributed by atoms with Gasteiger partial charge in [0.2, 0.25) is 0 Å². The molecule has 1 aliphatic heterocycles. The van der Waals surface area contributed by atoms with Gasteiger partial charge in [-0.05, 0) is 48.0 Å². The highest BCUT2D eigenvalue weighted by Gasteiger charge is 2.23. The number of carbonyl (C=O) groups excluding carboxylic acids is 1. The van der Waals surface area contributed by atoms with E-state index in [9.17, 15) is 9.18 Å². The first kappa shape index (κ1) is 19.2. The Balaban J connectivity index is 1.27. The lowest BCUT2D eigenvalue weighted by Gasteiger charge is -2.36. The Morgan fingerprint density at radius 1 is 0.903 bits per heavy atom. The molecule has 7 heteroatoms.